The summed E-state index contributed by atoms with van der Waals surface area (Å²) >= 11 is 0. The number of aromatic nitrogens is 2. The van der Waals surface area contributed by atoms with E-state index in [1.807, 2.05) is 35.0 Å². The summed E-state index contributed by atoms with van der Waals surface area (Å²) in [5, 5.41) is 7.25. The Bertz CT molecular complexity index is 569. The molecule has 4 N–H and O–H groups in total. The van der Waals surface area contributed by atoms with Crippen LogP contribution in [0.5, 0.6) is 5.75 Å². The fourth-order valence-corrected chi connectivity index (χ4v) is 1.50. The van der Waals surface area contributed by atoms with Gasteiger partial charge < -0.3 is 20.8 Å². The summed E-state index contributed by atoms with van der Waals surface area (Å²) in [4.78, 5) is 3.96. The van der Waals surface area contributed by atoms with Crippen molar-refractivity contribution in [1.82, 2.24) is 9.55 Å². The van der Waals surface area contributed by atoms with Gasteiger partial charge in [0.2, 0.25) is 5.96 Å². The van der Waals surface area contributed by atoms with Gasteiger partial charge in [0.1, 0.15) is 12.4 Å². The van der Waals surface area contributed by atoms with Gasteiger partial charge >= 0.3 is 0 Å². The molecule has 0 unspecified atom stereocenters. The normalized spacial score (nSPS) is 10.6. The molecule has 1 heterocycles. The monoisotopic (exact) mass is 272 g/mol. The molecule has 0 spiro atoms. The van der Waals surface area contributed by atoms with Gasteiger partial charge in [-0.05, 0) is 29.8 Å². The lowest BCUT2D eigenvalue weighted by Gasteiger charge is -2.06. The van der Waals surface area contributed by atoms with Crippen molar-refractivity contribution in [3.05, 3.63) is 48.5 Å². The van der Waals surface area contributed by atoms with Gasteiger partial charge in [-0.25, -0.2) is 4.98 Å². The van der Waals surface area contributed by atoms with E-state index < -0.39 is 0 Å². The second-order valence-corrected chi connectivity index (χ2v) is 3.99. The summed E-state index contributed by atoms with van der Waals surface area (Å²) in [6, 6.07) is 7.48. The zero-order chi connectivity index (χ0) is 14.2. The molecule has 0 radical (unpaired) electrons. The molecule has 0 fully saturated rings. The first kappa shape index (κ1) is 13.6. The molecule has 104 valence electrons. The summed E-state index contributed by atoms with van der Waals surface area (Å²) in [6.07, 6.45) is 6.96. The SMILES string of the molecule is NC(N)=NN=Cc1ccc(OCCn2ccnc2)cc1. The Balaban J connectivity index is 1.82. The van der Waals surface area contributed by atoms with E-state index in [9.17, 15) is 0 Å². The highest BCUT2D eigenvalue weighted by Gasteiger charge is 1.95. The van der Waals surface area contributed by atoms with E-state index in [1.54, 1.807) is 18.7 Å². The first-order valence-electron chi connectivity index (χ1n) is 6.04. The van der Waals surface area contributed by atoms with Crippen LogP contribution < -0.4 is 16.2 Å². The third-order valence-corrected chi connectivity index (χ3v) is 2.44. The quantitative estimate of drug-likeness (QED) is 0.455. The number of hydrogen-bond acceptors (Lipinski definition) is 4. The van der Waals surface area contributed by atoms with Crippen LogP contribution in [0.3, 0.4) is 0 Å². The van der Waals surface area contributed by atoms with E-state index >= 15 is 0 Å². The van der Waals surface area contributed by atoms with E-state index in [0.717, 1.165) is 17.9 Å². The van der Waals surface area contributed by atoms with Crippen LogP contribution in [0.1, 0.15) is 5.56 Å². The van der Waals surface area contributed by atoms with Crippen LogP contribution in [-0.4, -0.2) is 28.3 Å². The third-order valence-electron chi connectivity index (χ3n) is 2.44. The zero-order valence-electron chi connectivity index (χ0n) is 10.9. The average Bonchev–Trinajstić information content (AvgIpc) is 2.93. The van der Waals surface area contributed by atoms with Crippen molar-refractivity contribution >= 4 is 12.2 Å². The molecule has 1 aromatic carbocycles. The highest BCUT2D eigenvalue weighted by molar-refractivity contribution is 5.81. The summed E-state index contributed by atoms with van der Waals surface area (Å²) < 4.78 is 7.57. The van der Waals surface area contributed by atoms with Crippen molar-refractivity contribution in [2.24, 2.45) is 21.7 Å². The van der Waals surface area contributed by atoms with Crippen molar-refractivity contribution in [2.45, 2.75) is 6.54 Å². The fourth-order valence-electron chi connectivity index (χ4n) is 1.50. The Morgan fingerprint density at radius 3 is 2.75 bits per heavy atom. The van der Waals surface area contributed by atoms with Gasteiger partial charge in [0, 0.05) is 12.4 Å². The standard InChI is InChI=1S/C13H16N6O/c14-13(15)18-17-9-11-1-3-12(4-2-11)20-8-7-19-6-5-16-10-19/h1-6,9-10H,7-8H2,(H4,14,15,18). The number of hydrogen-bond donors (Lipinski definition) is 2. The number of rotatable bonds is 6. The second-order valence-electron chi connectivity index (χ2n) is 3.99. The molecular formula is C13H16N6O. The largest absolute Gasteiger partial charge is 0.492 e. The van der Waals surface area contributed by atoms with Crippen molar-refractivity contribution in [3.63, 3.8) is 0 Å². The highest BCUT2D eigenvalue weighted by atomic mass is 16.5. The molecule has 0 aliphatic carbocycles. The van der Waals surface area contributed by atoms with Crippen LogP contribution in [0.4, 0.5) is 0 Å². The van der Waals surface area contributed by atoms with E-state index in [1.165, 1.54) is 0 Å². The van der Waals surface area contributed by atoms with E-state index in [4.69, 9.17) is 16.2 Å². The van der Waals surface area contributed by atoms with Crippen molar-refractivity contribution in [1.29, 1.82) is 0 Å². The Kier molecular flexibility index (Phi) is 4.71. The highest BCUT2D eigenvalue weighted by Crippen LogP contribution is 2.11. The molecule has 0 amide bonds. The minimum atomic E-state index is -0.0688. The fraction of sp³-hybridized carbons (Fsp3) is 0.154. The average molecular weight is 272 g/mol. The predicted octanol–water partition coefficient (Wildman–Crippen LogP) is 0.569. The van der Waals surface area contributed by atoms with Gasteiger partial charge in [-0.2, -0.15) is 5.10 Å². The molecule has 0 bridgehead atoms. The van der Waals surface area contributed by atoms with Crippen LogP contribution in [0.25, 0.3) is 0 Å². The van der Waals surface area contributed by atoms with Crippen LogP contribution in [0.2, 0.25) is 0 Å². The molecule has 0 aliphatic rings. The maximum absolute atomic E-state index is 5.62. The molecule has 0 saturated heterocycles. The first-order valence-corrected chi connectivity index (χ1v) is 6.04. The van der Waals surface area contributed by atoms with E-state index in [0.29, 0.717) is 6.61 Å². The van der Waals surface area contributed by atoms with Crippen LogP contribution in [0.15, 0.2) is 53.2 Å². The molecule has 2 rings (SSSR count). The molecular weight excluding hydrogens is 256 g/mol. The number of ether oxygens (including phenoxy) is 1. The number of benzene rings is 1. The number of imidazole rings is 1. The van der Waals surface area contributed by atoms with Crippen molar-refractivity contribution in [3.8, 4) is 5.75 Å². The summed E-state index contributed by atoms with van der Waals surface area (Å²) in [5.41, 5.74) is 11.2. The molecule has 7 nitrogen and oxygen atoms in total. The van der Waals surface area contributed by atoms with Crippen LogP contribution >= 0.6 is 0 Å². The maximum atomic E-state index is 5.62. The Labute approximate surface area is 116 Å². The number of nitrogens with zero attached hydrogens (tertiary/aromatic N) is 4. The van der Waals surface area contributed by atoms with Gasteiger partial charge in [0.25, 0.3) is 0 Å². The van der Waals surface area contributed by atoms with Gasteiger partial charge in [-0.15, -0.1) is 5.10 Å². The molecule has 1 aromatic heterocycles. The minimum absolute atomic E-state index is 0.0688. The number of nitrogens with two attached hydrogens (primary N) is 2. The van der Waals surface area contributed by atoms with Crippen molar-refractivity contribution in [2.75, 3.05) is 6.61 Å². The smallest absolute Gasteiger partial charge is 0.211 e. The molecule has 0 atom stereocenters. The zero-order valence-corrected chi connectivity index (χ0v) is 10.9. The molecule has 2 aromatic rings. The molecule has 0 aliphatic heterocycles. The first-order chi connectivity index (χ1) is 9.74. The molecule has 0 saturated carbocycles. The van der Waals surface area contributed by atoms with Gasteiger partial charge in [-0.1, -0.05) is 0 Å². The van der Waals surface area contributed by atoms with Crippen LogP contribution in [-0.2, 0) is 6.54 Å². The summed E-state index contributed by atoms with van der Waals surface area (Å²) in [5.74, 6) is 0.727. The number of guanidine groups is 1. The van der Waals surface area contributed by atoms with Gasteiger partial charge in [0.15, 0.2) is 0 Å². The molecule has 7 heteroatoms. The molecule has 20 heavy (non-hydrogen) atoms. The lowest BCUT2D eigenvalue weighted by molar-refractivity contribution is 0.298. The van der Waals surface area contributed by atoms with Crippen molar-refractivity contribution < 1.29 is 4.74 Å². The minimum Gasteiger partial charge on any atom is -0.492 e. The van der Waals surface area contributed by atoms with Gasteiger partial charge in [-0.3, -0.25) is 0 Å². The lowest BCUT2D eigenvalue weighted by atomic mass is 10.2. The topological polar surface area (TPSA) is 104 Å². The Morgan fingerprint density at radius 2 is 2.10 bits per heavy atom. The predicted molar refractivity (Wildman–Crippen MR) is 77.6 cm³/mol. The second kappa shape index (κ2) is 6.93. The lowest BCUT2D eigenvalue weighted by Crippen LogP contribution is -2.21. The van der Waals surface area contributed by atoms with E-state index in [-0.39, 0.29) is 5.96 Å². The maximum Gasteiger partial charge on any atom is 0.211 e. The summed E-state index contributed by atoms with van der Waals surface area (Å²) in [7, 11) is 0. The third kappa shape index (κ3) is 4.45. The summed E-state index contributed by atoms with van der Waals surface area (Å²) in [6.45, 7) is 1.34. The Hall–Kier alpha value is -2.83. The van der Waals surface area contributed by atoms with E-state index in [2.05, 4.69) is 15.2 Å². The van der Waals surface area contributed by atoms with Crippen LogP contribution in [0, 0.1) is 0 Å². The Morgan fingerprint density at radius 1 is 1.30 bits per heavy atom. The van der Waals surface area contributed by atoms with Gasteiger partial charge in [0.05, 0.1) is 19.1 Å².